The average Bonchev–Trinajstić information content (AvgIpc) is 2.47. The van der Waals surface area contributed by atoms with Gasteiger partial charge < -0.3 is 11.1 Å². The van der Waals surface area contributed by atoms with Gasteiger partial charge >= 0.3 is 0 Å². The molecule has 0 heterocycles. The second kappa shape index (κ2) is 6.75. The van der Waals surface area contributed by atoms with Gasteiger partial charge in [0, 0.05) is 18.2 Å². The lowest BCUT2D eigenvalue weighted by atomic mass is 9.86. The number of para-hydroxylation sites is 1. The molecule has 0 bridgehead atoms. The Kier molecular flexibility index (Phi) is 4.99. The molecule has 0 radical (unpaired) electrons. The maximum atomic E-state index is 12.3. The van der Waals surface area contributed by atoms with Crippen LogP contribution in [0.4, 0.5) is 5.69 Å². The number of nitrogens with two attached hydrogens (primary N) is 1. The number of anilines is 1. The molecule has 3 nitrogen and oxygen atoms in total. The Labute approximate surface area is 132 Å². The highest BCUT2D eigenvalue weighted by Crippen LogP contribution is 2.29. The van der Waals surface area contributed by atoms with Crippen LogP contribution in [0.5, 0.6) is 0 Å². The molecule has 0 aliphatic carbocycles. The molecule has 0 saturated carbocycles. The summed E-state index contributed by atoms with van der Waals surface area (Å²) in [5.74, 6) is -0.0620. The van der Waals surface area contributed by atoms with Crippen LogP contribution in [0.1, 0.15) is 44.4 Å². The molecule has 2 rings (SSSR count). The fourth-order valence-corrected chi connectivity index (χ4v) is 2.47. The number of amides is 1. The summed E-state index contributed by atoms with van der Waals surface area (Å²) in [5.41, 5.74) is 9.05. The Bertz CT molecular complexity index is 629. The minimum Gasteiger partial charge on any atom is -0.326 e. The lowest BCUT2D eigenvalue weighted by Crippen LogP contribution is -2.22. The molecule has 0 aromatic heterocycles. The molecule has 2 aromatic carbocycles. The number of rotatable bonds is 4. The van der Waals surface area contributed by atoms with Crippen LogP contribution in [0.25, 0.3) is 0 Å². The third-order valence-corrected chi connectivity index (χ3v) is 3.64. The van der Waals surface area contributed by atoms with Crippen LogP contribution in [0.15, 0.2) is 54.6 Å². The molecular weight excluding hydrogens is 272 g/mol. The topological polar surface area (TPSA) is 55.1 Å². The standard InChI is InChI=1S/C19H24N2O/c1-19(2,3)15-11-7-8-12-17(15)21-18(22)13-16(20)14-9-5-4-6-10-14/h4-12,16H,13,20H2,1-3H3,(H,21,22). The van der Waals surface area contributed by atoms with E-state index in [0.717, 1.165) is 16.8 Å². The quantitative estimate of drug-likeness (QED) is 0.895. The second-order valence-corrected chi connectivity index (χ2v) is 6.57. The first kappa shape index (κ1) is 16.2. The SMILES string of the molecule is CC(C)(C)c1ccccc1NC(=O)CC(N)c1ccccc1. The van der Waals surface area contributed by atoms with Crippen molar-refractivity contribution in [2.45, 2.75) is 38.6 Å². The summed E-state index contributed by atoms with van der Waals surface area (Å²) in [6, 6.07) is 17.3. The molecule has 0 spiro atoms. The highest BCUT2D eigenvalue weighted by atomic mass is 16.1. The van der Waals surface area contributed by atoms with E-state index in [1.807, 2.05) is 54.6 Å². The van der Waals surface area contributed by atoms with E-state index in [0.29, 0.717) is 0 Å². The maximum Gasteiger partial charge on any atom is 0.226 e. The van der Waals surface area contributed by atoms with Crippen LogP contribution < -0.4 is 11.1 Å². The molecule has 0 saturated heterocycles. The molecular formula is C19H24N2O. The Hall–Kier alpha value is -2.13. The van der Waals surface area contributed by atoms with Gasteiger partial charge in [-0.1, -0.05) is 69.3 Å². The molecule has 1 amide bonds. The van der Waals surface area contributed by atoms with Crippen LogP contribution in [0, 0.1) is 0 Å². The van der Waals surface area contributed by atoms with E-state index in [1.165, 1.54) is 0 Å². The number of carbonyl (C=O) groups excluding carboxylic acids is 1. The summed E-state index contributed by atoms with van der Waals surface area (Å²) in [6.45, 7) is 6.40. The first-order chi connectivity index (χ1) is 10.4. The first-order valence-electron chi connectivity index (χ1n) is 7.58. The van der Waals surface area contributed by atoms with Crippen molar-refractivity contribution in [3.63, 3.8) is 0 Å². The van der Waals surface area contributed by atoms with Crippen molar-refractivity contribution in [2.24, 2.45) is 5.73 Å². The Balaban J connectivity index is 2.07. The summed E-state index contributed by atoms with van der Waals surface area (Å²) in [7, 11) is 0. The summed E-state index contributed by atoms with van der Waals surface area (Å²) in [5, 5.41) is 3.00. The van der Waals surface area contributed by atoms with Gasteiger partial charge in [-0.05, 0) is 22.6 Å². The first-order valence-corrected chi connectivity index (χ1v) is 7.58. The highest BCUT2D eigenvalue weighted by molar-refractivity contribution is 5.92. The van der Waals surface area contributed by atoms with E-state index in [9.17, 15) is 4.79 Å². The van der Waals surface area contributed by atoms with Gasteiger partial charge in [-0.3, -0.25) is 4.79 Å². The van der Waals surface area contributed by atoms with E-state index in [-0.39, 0.29) is 23.8 Å². The predicted octanol–water partition coefficient (Wildman–Crippen LogP) is 4.01. The number of carbonyl (C=O) groups is 1. The molecule has 3 N–H and O–H groups in total. The van der Waals surface area contributed by atoms with Crippen LogP contribution in [0.2, 0.25) is 0 Å². The van der Waals surface area contributed by atoms with Crippen LogP contribution in [0.3, 0.4) is 0 Å². The van der Waals surface area contributed by atoms with Crippen molar-refractivity contribution >= 4 is 11.6 Å². The predicted molar refractivity (Wildman–Crippen MR) is 91.8 cm³/mol. The number of hydrogen-bond acceptors (Lipinski definition) is 2. The molecule has 0 aliphatic rings. The summed E-state index contributed by atoms with van der Waals surface area (Å²) in [4.78, 5) is 12.3. The fraction of sp³-hybridized carbons (Fsp3) is 0.316. The minimum absolute atomic E-state index is 0.0224. The molecule has 22 heavy (non-hydrogen) atoms. The van der Waals surface area contributed by atoms with Crippen molar-refractivity contribution in [3.8, 4) is 0 Å². The smallest absolute Gasteiger partial charge is 0.226 e. The largest absolute Gasteiger partial charge is 0.326 e. The Morgan fingerprint density at radius 2 is 1.64 bits per heavy atom. The average molecular weight is 296 g/mol. The minimum atomic E-state index is -0.289. The summed E-state index contributed by atoms with van der Waals surface area (Å²) < 4.78 is 0. The van der Waals surface area contributed by atoms with Gasteiger partial charge in [-0.15, -0.1) is 0 Å². The lowest BCUT2D eigenvalue weighted by Gasteiger charge is -2.23. The van der Waals surface area contributed by atoms with E-state index in [4.69, 9.17) is 5.73 Å². The molecule has 1 atom stereocenters. The monoisotopic (exact) mass is 296 g/mol. The maximum absolute atomic E-state index is 12.3. The van der Waals surface area contributed by atoms with Crippen LogP contribution in [-0.4, -0.2) is 5.91 Å². The van der Waals surface area contributed by atoms with Gasteiger partial charge in [0.05, 0.1) is 0 Å². The zero-order valence-electron chi connectivity index (χ0n) is 13.5. The van der Waals surface area contributed by atoms with Crippen molar-refractivity contribution in [2.75, 3.05) is 5.32 Å². The molecule has 116 valence electrons. The zero-order chi connectivity index (χ0) is 16.2. The van der Waals surface area contributed by atoms with Crippen molar-refractivity contribution in [1.29, 1.82) is 0 Å². The van der Waals surface area contributed by atoms with Gasteiger partial charge in [-0.25, -0.2) is 0 Å². The molecule has 0 aliphatic heterocycles. The van der Waals surface area contributed by atoms with Crippen molar-refractivity contribution in [3.05, 3.63) is 65.7 Å². The highest BCUT2D eigenvalue weighted by Gasteiger charge is 2.19. The molecule has 1 unspecified atom stereocenters. The van der Waals surface area contributed by atoms with E-state index < -0.39 is 0 Å². The third kappa shape index (κ3) is 4.18. The van der Waals surface area contributed by atoms with Gasteiger partial charge in [0.1, 0.15) is 0 Å². The van der Waals surface area contributed by atoms with Gasteiger partial charge in [0.15, 0.2) is 0 Å². The third-order valence-electron chi connectivity index (χ3n) is 3.64. The lowest BCUT2D eigenvalue weighted by molar-refractivity contribution is -0.116. The van der Waals surface area contributed by atoms with E-state index >= 15 is 0 Å². The van der Waals surface area contributed by atoms with Crippen LogP contribution in [-0.2, 0) is 10.2 Å². The normalized spacial score (nSPS) is 12.7. The molecule has 0 fully saturated rings. The van der Waals surface area contributed by atoms with Crippen LogP contribution >= 0.6 is 0 Å². The molecule has 3 heteroatoms. The Morgan fingerprint density at radius 1 is 1.05 bits per heavy atom. The Morgan fingerprint density at radius 3 is 2.27 bits per heavy atom. The van der Waals surface area contributed by atoms with Crippen molar-refractivity contribution < 1.29 is 4.79 Å². The van der Waals surface area contributed by atoms with Crippen molar-refractivity contribution in [1.82, 2.24) is 0 Å². The van der Waals surface area contributed by atoms with E-state index in [1.54, 1.807) is 0 Å². The fourth-order valence-electron chi connectivity index (χ4n) is 2.47. The zero-order valence-corrected chi connectivity index (χ0v) is 13.5. The number of hydrogen-bond donors (Lipinski definition) is 2. The van der Waals surface area contributed by atoms with Gasteiger partial charge in [0.2, 0.25) is 5.91 Å². The second-order valence-electron chi connectivity index (χ2n) is 6.57. The van der Waals surface area contributed by atoms with Gasteiger partial charge in [0.25, 0.3) is 0 Å². The molecule has 2 aromatic rings. The number of nitrogens with one attached hydrogen (secondary N) is 1. The van der Waals surface area contributed by atoms with Gasteiger partial charge in [-0.2, -0.15) is 0 Å². The summed E-state index contributed by atoms with van der Waals surface area (Å²) in [6.07, 6.45) is 0.266. The summed E-state index contributed by atoms with van der Waals surface area (Å²) >= 11 is 0. The van der Waals surface area contributed by atoms with E-state index in [2.05, 4.69) is 26.1 Å². The number of benzene rings is 2.